The molecule has 106 valence electrons. The van der Waals surface area contributed by atoms with Gasteiger partial charge in [-0.1, -0.05) is 12.1 Å². The lowest BCUT2D eigenvalue weighted by Gasteiger charge is -2.13. The molecule has 0 atom stereocenters. The van der Waals surface area contributed by atoms with E-state index in [2.05, 4.69) is 43.9 Å². The van der Waals surface area contributed by atoms with Crippen LogP contribution >= 0.6 is 0 Å². The Kier molecular flexibility index (Phi) is 3.09. The fourth-order valence-electron chi connectivity index (χ4n) is 2.81. The lowest BCUT2D eigenvalue weighted by molar-refractivity contribution is 1.16. The van der Waals surface area contributed by atoms with E-state index in [9.17, 15) is 4.91 Å². The van der Waals surface area contributed by atoms with Gasteiger partial charge in [0.15, 0.2) is 0 Å². The van der Waals surface area contributed by atoms with E-state index >= 15 is 0 Å². The summed E-state index contributed by atoms with van der Waals surface area (Å²) in [5, 5.41) is 3.23. The molecular weight excluding hydrogens is 262 g/mol. The van der Waals surface area contributed by atoms with Crippen molar-refractivity contribution in [1.29, 1.82) is 0 Å². The molecule has 0 saturated carbocycles. The van der Waals surface area contributed by atoms with E-state index in [-0.39, 0.29) is 0 Å². The summed E-state index contributed by atoms with van der Waals surface area (Å²) in [4.78, 5) is 16.0. The zero-order chi connectivity index (χ0) is 15.1. The van der Waals surface area contributed by atoms with Crippen molar-refractivity contribution < 1.29 is 0 Å². The first-order valence-electron chi connectivity index (χ1n) is 6.92. The molecular formula is C17H17N3O. The van der Waals surface area contributed by atoms with Gasteiger partial charge in [-0.2, -0.15) is 0 Å². The van der Waals surface area contributed by atoms with Gasteiger partial charge in [0, 0.05) is 11.8 Å². The second-order valence-electron chi connectivity index (χ2n) is 5.44. The highest BCUT2D eigenvalue weighted by Gasteiger charge is 2.19. The molecule has 0 aliphatic heterocycles. The third-order valence-electron chi connectivity index (χ3n) is 4.19. The third kappa shape index (κ3) is 1.95. The van der Waals surface area contributed by atoms with Gasteiger partial charge in [-0.25, -0.2) is 4.98 Å². The van der Waals surface area contributed by atoms with Crippen molar-refractivity contribution in [2.24, 2.45) is 5.18 Å². The van der Waals surface area contributed by atoms with Gasteiger partial charge < -0.3 is 0 Å². The van der Waals surface area contributed by atoms with Crippen LogP contribution in [0.15, 0.2) is 35.6 Å². The Morgan fingerprint density at radius 2 is 1.71 bits per heavy atom. The van der Waals surface area contributed by atoms with E-state index < -0.39 is 0 Å². The Balaban J connectivity index is 2.44. The minimum absolute atomic E-state index is 0.363. The topological polar surface area (TPSA) is 46.7 Å². The minimum atomic E-state index is 0.363. The Labute approximate surface area is 123 Å². The average molecular weight is 279 g/mol. The highest BCUT2D eigenvalue weighted by molar-refractivity contribution is 5.80. The SMILES string of the molecule is Cc1cc(C)c(C)c(-c2nc3ccccn3c2N=O)c1C. The number of fused-ring (bicyclic) bond motifs is 1. The van der Waals surface area contributed by atoms with Crippen LogP contribution in [0.2, 0.25) is 0 Å². The van der Waals surface area contributed by atoms with Gasteiger partial charge in [0.05, 0.1) is 0 Å². The zero-order valence-corrected chi connectivity index (χ0v) is 12.6. The normalized spacial score (nSPS) is 11.0. The first-order valence-corrected chi connectivity index (χ1v) is 6.92. The van der Waals surface area contributed by atoms with Crippen molar-refractivity contribution in [3.05, 3.63) is 57.6 Å². The second kappa shape index (κ2) is 4.81. The van der Waals surface area contributed by atoms with Crippen molar-refractivity contribution in [2.75, 3.05) is 0 Å². The van der Waals surface area contributed by atoms with Gasteiger partial charge >= 0.3 is 0 Å². The average Bonchev–Trinajstić information content (AvgIpc) is 2.83. The molecule has 0 saturated heterocycles. The molecule has 0 aliphatic carbocycles. The molecule has 0 amide bonds. The van der Waals surface area contributed by atoms with Crippen LogP contribution in [0, 0.1) is 32.6 Å². The summed E-state index contributed by atoms with van der Waals surface area (Å²) in [5.74, 6) is 0.363. The van der Waals surface area contributed by atoms with Crippen molar-refractivity contribution in [3.8, 4) is 11.3 Å². The van der Waals surface area contributed by atoms with E-state index in [1.807, 2.05) is 24.4 Å². The number of nitrogens with zero attached hydrogens (tertiary/aromatic N) is 3. The zero-order valence-electron chi connectivity index (χ0n) is 12.6. The molecule has 0 bridgehead atoms. The van der Waals surface area contributed by atoms with Crippen LogP contribution in [-0.4, -0.2) is 9.38 Å². The molecule has 3 aromatic rings. The van der Waals surface area contributed by atoms with Crippen LogP contribution in [0.5, 0.6) is 0 Å². The van der Waals surface area contributed by atoms with Gasteiger partial charge in [-0.3, -0.25) is 4.40 Å². The molecule has 2 heterocycles. The highest BCUT2D eigenvalue weighted by Crippen LogP contribution is 2.37. The molecule has 0 spiro atoms. The molecule has 1 aromatic carbocycles. The van der Waals surface area contributed by atoms with Crippen LogP contribution in [0.4, 0.5) is 5.82 Å². The Bertz CT molecular complexity index is 836. The van der Waals surface area contributed by atoms with Crippen molar-refractivity contribution in [3.63, 3.8) is 0 Å². The van der Waals surface area contributed by atoms with E-state index in [0.29, 0.717) is 11.5 Å². The molecule has 0 unspecified atom stereocenters. The van der Waals surface area contributed by atoms with Crippen molar-refractivity contribution in [1.82, 2.24) is 9.38 Å². The van der Waals surface area contributed by atoms with Crippen LogP contribution in [0.25, 0.3) is 16.9 Å². The number of nitroso groups, excluding NO2 is 1. The number of hydrogen-bond donors (Lipinski definition) is 0. The van der Waals surface area contributed by atoms with Crippen LogP contribution in [0.1, 0.15) is 22.3 Å². The van der Waals surface area contributed by atoms with Crippen LogP contribution in [-0.2, 0) is 0 Å². The predicted molar refractivity (Wildman–Crippen MR) is 85.0 cm³/mol. The quantitative estimate of drug-likeness (QED) is 0.642. The summed E-state index contributed by atoms with van der Waals surface area (Å²) >= 11 is 0. The minimum Gasteiger partial charge on any atom is -0.281 e. The van der Waals surface area contributed by atoms with E-state index in [1.165, 1.54) is 11.1 Å². The molecule has 3 rings (SSSR count). The monoisotopic (exact) mass is 279 g/mol. The van der Waals surface area contributed by atoms with E-state index in [0.717, 1.165) is 22.3 Å². The highest BCUT2D eigenvalue weighted by atomic mass is 16.3. The number of benzene rings is 1. The maximum Gasteiger partial charge on any atom is 0.209 e. The predicted octanol–water partition coefficient (Wildman–Crippen LogP) is 4.63. The van der Waals surface area contributed by atoms with Gasteiger partial charge in [0.2, 0.25) is 5.82 Å². The largest absolute Gasteiger partial charge is 0.281 e. The number of aromatic nitrogens is 2. The number of pyridine rings is 1. The first kappa shape index (κ1) is 13.5. The molecule has 0 fully saturated rings. The molecule has 2 aromatic heterocycles. The van der Waals surface area contributed by atoms with E-state index in [4.69, 9.17) is 0 Å². The third-order valence-corrected chi connectivity index (χ3v) is 4.19. The van der Waals surface area contributed by atoms with Crippen LogP contribution in [0.3, 0.4) is 0 Å². The summed E-state index contributed by atoms with van der Waals surface area (Å²) in [5.41, 5.74) is 7.10. The first-order chi connectivity index (χ1) is 10.0. The van der Waals surface area contributed by atoms with Crippen molar-refractivity contribution in [2.45, 2.75) is 27.7 Å². The number of hydrogen-bond acceptors (Lipinski definition) is 3. The number of aryl methyl sites for hydroxylation is 2. The fourth-order valence-corrected chi connectivity index (χ4v) is 2.81. The number of imidazole rings is 1. The standard InChI is InChI=1S/C17H17N3O/c1-10-9-11(2)13(4)15(12(10)3)16-17(19-21)20-8-6-5-7-14(20)18-16/h5-9H,1-4H3. The smallest absolute Gasteiger partial charge is 0.209 e. The Morgan fingerprint density at radius 3 is 2.33 bits per heavy atom. The molecule has 0 radical (unpaired) electrons. The summed E-state index contributed by atoms with van der Waals surface area (Å²) in [7, 11) is 0. The second-order valence-corrected chi connectivity index (χ2v) is 5.44. The summed E-state index contributed by atoms with van der Waals surface area (Å²) in [6, 6.07) is 7.82. The lowest BCUT2D eigenvalue weighted by Crippen LogP contribution is -1.95. The van der Waals surface area contributed by atoms with Gasteiger partial charge in [-0.05, 0) is 67.3 Å². The molecule has 0 N–H and O–H groups in total. The van der Waals surface area contributed by atoms with Gasteiger partial charge in [-0.15, -0.1) is 4.91 Å². The molecule has 21 heavy (non-hydrogen) atoms. The van der Waals surface area contributed by atoms with Gasteiger partial charge in [0.1, 0.15) is 11.3 Å². The summed E-state index contributed by atoms with van der Waals surface area (Å²) in [6.45, 7) is 8.29. The molecule has 4 heteroatoms. The Morgan fingerprint density at radius 1 is 1.05 bits per heavy atom. The van der Waals surface area contributed by atoms with Crippen LogP contribution < -0.4 is 0 Å². The fraction of sp³-hybridized carbons (Fsp3) is 0.235. The Hall–Kier alpha value is -2.49. The molecule has 4 nitrogen and oxygen atoms in total. The van der Waals surface area contributed by atoms with Crippen molar-refractivity contribution >= 4 is 11.5 Å². The maximum atomic E-state index is 11.4. The molecule has 0 aliphatic rings. The van der Waals surface area contributed by atoms with Gasteiger partial charge in [0.25, 0.3) is 0 Å². The maximum absolute atomic E-state index is 11.4. The summed E-state index contributed by atoms with van der Waals surface area (Å²) < 4.78 is 1.74. The lowest BCUT2D eigenvalue weighted by atomic mass is 9.92. The number of rotatable bonds is 2. The van der Waals surface area contributed by atoms with E-state index in [1.54, 1.807) is 4.40 Å². The summed E-state index contributed by atoms with van der Waals surface area (Å²) in [6.07, 6.45) is 1.82.